The lowest BCUT2D eigenvalue weighted by molar-refractivity contribution is 0.327. The van der Waals surface area contributed by atoms with Gasteiger partial charge in [-0.25, -0.2) is 4.98 Å². The van der Waals surface area contributed by atoms with Crippen LogP contribution in [0.4, 0.5) is 0 Å². The highest BCUT2D eigenvalue weighted by atomic mass is 35.5. The van der Waals surface area contributed by atoms with Crippen molar-refractivity contribution in [3.05, 3.63) is 33.1 Å². The molecular weight excluding hydrogens is 256 g/mol. The quantitative estimate of drug-likeness (QED) is 0.863. The molecule has 17 heavy (non-hydrogen) atoms. The summed E-state index contributed by atoms with van der Waals surface area (Å²) < 4.78 is 5.70. The summed E-state index contributed by atoms with van der Waals surface area (Å²) >= 11 is 7.81. The van der Waals surface area contributed by atoms with Crippen LogP contribution in [0.25, 0.3) is 11.3 Å². The molecule has 1 aromatic carbocycles. The van der Waals surface area contributed by atoms with Crippen LogP contribution < -0.4 is 10.5 Å². The SMILES string of the molecule is NCc1nc2c(s1)CCOc1c(Cl)cccc1-2. The van der Waals surface area contributed by atoms with Gasteiger partial charge in [-0.15, -0.1) is 11.3 Å². The molecule has 0 spiro atoms. The number of hydrogen-bond acceptors (Lipinski definition) is 4. The van der Waals surface area contributed by atoms with Crippen molar-refractivity contribution in [2.24, 2.45) is 5.73 Å². The van der Waals surface area contributed by atoms with Crippen molar-refractivity contribution < 1.29 is 4.74 Å². The van der Waals surface area contributed by atoms with Crippen LogP contribution in [0, 0.1) is 0 Å². The number of thiazole rings is 1. The van der Waals surface area contributed by atoms with Gasteiger partial charge in [0.2, 0.25) is 0 Å². The van der Waals surface area contributed by atoms with Crippen molar-refractivity contribution in [1.82, 2.24) is 4.98 Å². The molecule has 0 unspecified atom stereocenters. The van der Waals surface area contributed by atoms with Crippen LogP contribution >= 0.6 is 22.9 Å². The summed E-state index contributed by atoms with van der Waals surface area (Å²) in [4.78, 5) is 5.79. The Morgan fingerprint density at radius 1 is 1.47 bits per heavy atom. The smallest absolute Gasteiger partial charge is 0.147 e. The first kappa shape index (κ1) is 11.0. The van der Waals surface area contributed by atoms with Gasteiger partial charge in [0, 0.05) is 23.4 Å². The topological polar surface area (TPSA) is 48.1 Å². The van der Waals surface area contributed by atoms with Crippen molar-refractivity contribution in [3.8, 4) is 17.0 Å². The fraction of sp³-hybridized carbons (Fsp3) is 0.250. The van der Waals surface area contributed by atoms with Gasteiger partial charge in [0.05, 0.1) is 17.3 Å². The van der Waals surface area contributed by atoms with Gasteiger partial charge < -0.3 is 10.5 Å². The predicted molar refractivity (Wildman–Crippen MR) is 69.7 cm³/mol. The second kappa shape index (κ2) is 4.29. The molecule has 88 valence electrons. The zero-order valence-corrected chi connectivity index (χ0v) is 10.6. The lowest BCUT2D eigenvalue weighted by Crippen LogP contribution is -1.98. The fourth-order valence-corrected chi connectivity index (χ4v) is 3.13. The van der Waals surface area contributed by atoms with Crippen LogP contribution in [0.5, 0.6) is 5.75 Å². The van der Waals surface area contributed by atoms with Crippen LogP contribution in [-0.2, 0) is 13.0 Å². The molecule has 1 aliphatic heterocycles. The average Bonchev–Trinajstić information content (AvgIpc) is 2.67. The fourth-order valence-electron chi connectivity index (χ4n) is 1.96. The number of para-hydroxylation sites is 1. The summed E-state index contributed by atoms with van der Waals surface area (Å²) in [5.41, 5.74) is 7.59. The Balaban J connectivity index is 2.23. The standard InChI is InChI=1S/C12H11ClN2OS/c13-8-3-1-2-7-11-9(4-5-16-12(7)8)17-10(6-14)15-11/h1-3H,4-6,14H2. The summed E-state index contributed by atoms with van der Waals surface area (Å²) in [7, 11) is 0. The number of fused-ring (bicyclic) bond motifs is 3. The van der Waals surface area contributed by atoms with E-state index in [4.69, 9.17) is 22.1 Å². The largest absolute Gasteiger partial charge is 0.491 e. The number of aromatic nitrogens is 1. The monoisotopic (exact) mass is 266 g/mol. The predicted octanol–water partition coefficient (Wildman–Crippen LogP) is 2.86. The Hall–Kier alpha value is -1.10. The number of nitrogens with zero attached hydrogens (tertiary/aromatic N) is 1. The minimum atomic E-state index is 0.481. The van der Waals surface area contributed by atoms with Crippen molar-refractivity contribution in [2.75, 3.05) is 6.61 Å². The van der Waals surface area contributed by atoms with E-state index in [0.29, 0.717) is 18.2 Å². The van der Waals surface area contributed by atoms with Gasteiger partial charge in [-0.3, -0.25) is 0 Å². The summed E-state index contributed by atoms with van der Waals surface area (Å²) in [5, 5.41) is 1.60. The van der Waals surface area contributed by atoms with E-state index in [9.17, 15) is 0 Å². The Morgan fingerprint density at radius 3 is 3.18 bits per heavy atom. The maximum absolute atomic E-state index is 6.15. The molecule has 1 aromatic heterocycles. The van der Waals surface area contributed by atoms with Gasteiger partial charge >= 0.3 is 0 Å². The number of rotatable bonds is 1. The third-order valence-electron chi connectivity index (χ3n) is 2.71. The zero-order valence-electron chi connectivity index (χ0n) is 9.07. The van der Waals surface area contributed by atoms with Crippen LogP contribution in [-0.4, -0.2) is 11.6 Å². The molecule has 3 nitrogen and oxygen atoms in total. The van der Waals surface area contributed by atoms with Crippen LogP contribution in [0.3, 0.4) is 0 Å². The molecule has 0 saturated carbocycles. The van der Waals surface area contributed by atoms with E-state index in [1.807, 2.05) is 18.2 Å². The molecule has 0 bridgehead atoms. The summed E-state index contributed by atoms with van der Waals surface area (Å²) in [6, 6.07) is 5.74. The van der Waals surface area contributed by atoms with E-state index in [-0.39, 0.29) is 0 Å². The molecule has 0 radical (unpaired) electrons. The van der Waals surface area contributed by atoms with Gasteiger partial charge in [0.15, 0.2) is 0 Å². The number of nitrogens with two attached hydrogens (primary N) is 1. The van der Waals surface area contributed by atoms with Gasteiger partial charge in [-0.05, 0) is 12.1 Å². The number of ether oxygens (including phenoxy) is 1. The molecule has 2 aromatic rings. The molecule has 0 saturated heterocycles. The minimum Gasteiger partial charge on any atom is -0.491 e. The van der Waals surface area contributed by atoms with Gasteiger partial charge in [-0.1, -0.05) is 17.7 Å². The number of hydrogen-bond donors (Lipinski definition) is 1. The van der Waals surface area contributed by atoms with Crippen LogP contribution in [0.15, 0.2) is 18.2 Å². The van der Waals surface area contributed by atoms with Crippen molar-refractivity contribution in [1.29, 1.82) is 0 Å². The Kier molecular flexibility index (Phi) is 2.78. The third-order valence-corrected chi connectivity index (χ3v) is 4.15. The maximum atomic E-state index is 6.15. The van der Waals surface area contributed by atoms with Gasteiger partial charge in [0.25, 0.3) is 0 Å². The molecule has 0 amide bonds. The molecule has 0 fully saturated rings. The van der Waals surface area contributed by atoms with E-state index >= 15 is 0 Å². The summed E-state index contributed by atoms with van der Waals surface area (Å²) in [5.74, 6) is 0.738. The molecule has 5 heteroatoms. The first-order chi connectivity index (χ1) is 8.29. The number of benzene rings is 1. The molecular formula is C12H11ClN2OS. The highest BCUT2D eigenvalue weighted by Gasteiger charge is 2.21. The minimum absolute atomic E-state index is 0.481. The average molecular weight is 267 g/mol. The molecule has 2 N–H and O–H groups in total. The van der Waals surface area contributed by atoms with Crippen molar-refractivity contribution in [2.45, 2.75) is 13.0 Å². The third kappa shape index (κ3) is 1.82. The second-order valence-corrected chi connectivity index (χ2v) is 5.37. The van der Waals surface area contributed by atoms with E-state index < -0.39 is 0 Å². The lowest BCUT2D eigenvalue weighted by atomic mass is 10.1. The number of halogens is 1. The Morgan fingerprint density at radius 2 is 2.35 bits per heavy atom. The van der Waals surface area contributed by atoms with Crippen molar-refractivity contribution in [3.63, 3.8) is 0 Å². The zero-order chi connectivity index (χ0) is 11.8. The normalized spacial score (nSPS) is 13.5. The van der Waals surface area contributed by atoms with Crippen LogP contribution in [0.2, 0.25) is 5.02 Å². The van der Waals surface area contributed by atoms with Gasteiger partial charge in [-0.2, -0.15) is 0 Å². The van der Waals surface area contributed by atoms with E-state index in [2.05, 4.69) is 4.98 Å². The molecule has 2 heterocycles. The molecule has 3 rings (SSSR count). The van der Waals surface area contributed by atoms with E-state index in [0.717, 1.165) is 28.4 Å². The highest BCUT2D eigenvalue weighted by Crippen LogP contribution is 2.41. The molecule has 0 aliphatic carbocycles. The lowest BCUT2D eigenvalue weighted by Gasteiger charge is -2.08. The molecule has 1 aliphatic rings. The van der Waals surface area contributed by atoms with E-state index in [1.54, 1.807) is 11.3 Å². The van der Waals surface area contributed by atoms with Crippen molar-refractivity contribution >= 4 is 22.9 Å². The second-order valence-electron chi connectivity index (χ2n) is 3.80. The van der Waals surface area contributed by atoms with E-state index in [1.165, 1.54) is 4.88 Å². The Bertz CT molecular complexity index is 568. The first-order valence-corrected chi connectivity index (χ1v) is 6.59. The van der Waals surface area contributed by atoms with Crippen LogP contribution in [0.1, 0.15) is 9.88 Å². The first-order valence-electron chi connectivity index (χ1n) is 5.40. The molecule has 0 atom stereocenters. The summed E-state index contributed by atoms with van der Waals surface area (Å²) in [6.07, 6.45) is 0.859. The highest BCUT2D eigenvalue weighted by molar-refractivity contribution is 7.12. The maximum Gasteiger partial charge on any atom is 0.147 e. The summed E-state index contributed by atoms with van der Waals surface area (Å²) in [6.45, 7) is 1.12. The Labute approximate surface area is 108 Å². The van der Waals surface area contributed by atoms with Gasteiger partial charge in [0.1, 0.15) is 10.8 Å².